The molecular formula is C36H37N5O2. The van der Waals surface area contributed by atoms with Crippen molar-refractivity contribution in [3.8, 4) is 0 Å². The Labute approximate surface area is 253 Å². The second kappa shape index (κ2) is 13.5. The highest BCUT2D eigenvalue weighted by Crippen LogP contribution is 2.33. The molecule has 1 saturated heterocycles. The molecule has 1 aliphatic heterocycles. The summed E-state index contributed by atoms with van der Waals surface area (Å²) in [7, 11) is 1.42. The van der Waals surface area contributed by atoms with Crippen molar-refractivity contribution in [2.75, 3.05) is 38.7 Å². The van der Waals surface area contributed by atoms with E-state index in [0.29, 0.717) is 5.71 Å². The molecule has 6 rings (SSSR count). The second-order valence-electron chi connectivity index (χ2n) is 10.9. The maximum atomic E-state index is 13.5. The summed E-state index contributed by atoms with van der Waals surface area (Å²) in [6.07, 6.45) is 2.19. The molecule has 2 heterocycles. The van der Waals surface area contributed by atoms with Crippen LogP contribution in [0.2, 0.25) is 0 Å². The zero-order valence-corrected chi connectivity index (χ0v) is 24.5. The molecule has 0 spiro atoms. The molecule has 0 amide bonds. The molecule has 218 valence electrons. The van der Waals surface area contributed by atoms with Gasteiger partial charge in [0.1, 0.15) is 0 Å². The van der Waals surface area contributed by atoms with Gasteiger partial charge in [-0.25, -0.2) is 4.79 Å². The van der Waals surface area contributed by atoms with Crippen LogP contribution >= 0.6 is 0 Å². The van der Waals surface area contributed by atoms with Crippen molar-refractivity contribution in [1.29, 1.82) is 0 Å². The molecule has 1 aromatic heterocycles. The lowest BCUT2D eigenvalue weighted by Gasteiger charge is -2.39. The molecule has 0 aliphatic carbocycles. The number of hydrogen-bond donors (Lipinski definition) is 1. The van der Waals surface area contributed by atoms with Crippen molar-refractivity contribution in [3.63, 3.8) is 0 Å². The van der Waals surface area contributed by atoms with E-state index in [0.717, 1.165) is 61.4 Å². The van der Waals surface area contributed by atoms with Gasteiger partial charge in [0.05, 0.1) is 18.8 Å². The van der Waals surface area contributed by atoms with Crippen molar-refractivity contribution >= 4 is 28.3 Å². The van der Waals surface area contributed by atoms with Crippen LogP contribution in [0.5, 0.6) is 0 Å². The number of piperazine rings is 1. The number of nitrogens with one attached hydrogen (secondary N) is 1. The van der Waals surface area contributed by atoms with Crippen molar-refractivity contribution in [2.24, 2.45) is 5.10 Å². The fourth-order valence-corrected chi connectivity index (χ4v) is 5.90. The van der Waals surface area contributed by atoms with Gasteiger partial charge in [-0.2, -0.15) is 5.10 Å². The highest BCUT2D eigenvalue weighted by molar-refractivity contribution is 6.39. The number of carbonyl (C=O) groups excluding carboxylic acids is 1. The normalized spacial score (nSPS) is 15.3. The number of benzene rings is 4. The van der Waals surface area contributed by atoms with Crippen LogP contribution in [0.4, 0.5) is 5.69 Å². The van der Waals surface area contributed by atoms with Crippen molar-refractivity contribution in [2.45, 2.75) is 19.1 Å². The van der Waals surface area contributed by atoms with E-state index in [4.69, 9.17) is 9.84 Å². The number of carbonyl (C=O) groups is 1. The predicted molar refractivity (Wildman–Crippen MR) is 173 cm³/mol. The Hall–Kier alpha value is -4.72. The van der Waals surface area contributed by atoms with Crippen LogP contribution in [0, 0.1) is 0 Å². The molecule has 1 fully saturated rings. The lowest BCUT2D eigenvalue weighted by atomic mass is 9.98. The minimum Gasteiger partial charge on any atom is -0.464 e. The number of aromatic nitrogens is 1. The molecule has 1 unspecified atom stereocenters. The van der Waals surface area contributed by atoms with Crippen LogP contribution in [0.15, 0.2) is 127 Å². The summed E-state index contributed by atoms with van der Waals surface area (Å²) >= 11 is 0. The summed E-state index contributed by atoms with van der Waals surface area (Å²) in [4.78, 5) is 18.3. The number of esters is 1. The summed E-state index contributed by atoms with van der Waals surface area (Å²) in [6.45, 7) is 4.98. The number of nitrogens with zero attached hydrogens (tertiary/aromatic N) is 4. The summed E-state index contributed by atoms with van der Waals surface area (Å²) in [6, 6.07) is 38.8. The van der Waals surface area contributed by atoms with Crippen LogP contribution in [-0.2, 0) is 22.6 Å². The zero-order chi connectivity index (χ0) is 29.4. The minimum absolute atomic E-state index is 0.338. The third-order valence-electron chi connectivity index (χ3n) is 8.06. The Bertz CT molecular complexity index is 1660. The molecule has 5 aromatic rings. The lowest BCUT2D eigenvalue weighted by Crippen LogP contribution is -2.50. The van der Waals surface area contributed by atoms with E-state index in [1.54, 1.807) is 0 Å². The van der Waals surface area contributed by atoms with Crippen LogP contribution in [0.1, 0.15) is 22.7 Å². The lowest BCUT2D eigenvalue weighted by molar-refractivity contribution is -0.133. The molecule has 43 heavy (non-hydrogen) atoms. The van der Waals surface area contributed by atoms with Gasteiger partial charge in [-0.3, -0.25) is 15.2 Å². The van der Waals surface area contributed by atoms with Gasteiger partial charge in [0.2, 0.25) is 0 Å². The van der Waals surface area contributed by atoms with E-state index < -0.39 is 12.0 Å². The van der Waals surface area contributed by atoms with Crippen molar-refractivity contribution < 1.29 is 9.53 Å². The standard InChI is InChI=1S/C36H37N5O2/c1-43-36(42)34(38-37-30-17-9-4-10-18-30)35(40-23-21-39(22-24-40)25-28-13-5-2-6-14-28)32-27-41(26-29-15-7-3-8-16-29)33-20-12-11-19-31(32)33/h2-20,27,35,37H,21-26H2,1H3/b38-34-. The van der Waals surface area contributed by atoms with E-state index in [1.165, 1.54) is 18.2 Å². The molecule has 0 bridgehead atoms. The second-order valence-corrected chi connectivity index (χ2v) is 10.9. The number of hydrogen-bond acceptors (Lipinski definition) is 6. The molecule has 7 heteroatoms. The minimum atomic E-state index is -0.444. The van der Waals surface area contributed by atoms with E-state index in [9.17, 15) is 4.79 Å². The van der Waals surface area contributed by atoms with Gasteiger partial charge in [0.15, 0.2) is 5.71 Å². The first kappa shape index (κ1) is 28.4. The molecule has 4 aromatic carbocycles. The Morgan fingerprint density at radius 3 is 2.00 bits per heavy atom. The predicted octanol–water partition coefficient (Wildman–Crippen LogP) is 6.19. The number of fused-ring (bicyclic) bond motifs is 1. The average molecular weight is 572 g/mol. The van der Waals surface area contributed by atoms with Crippen LogP contribution in [-0.4, -0.2) is 59.3 Å². The average Bonchev–Trinajstić information content (AvgIpc) is 3.42. The fraction of sp³-hybridized carbons (Fsp3) is 0.222. The molecular weight excluding hydrogens is 534 g/mol. The molecule has 0 saturated carbocycles. The molecule has 0 radical (unpaired) electrons. The first-order valence-corrected chi connectivity index (χ1v) is 14.8. The van der Waals surface area contributed by atoms with Gasteiger partial charge >= 0.3 is 5.97 Å². The first-order valence-electron chi connectivity index (χ1n) is 14.8. The van der Waals surface area contributed by atoms with Gasteiger partial charge in [0, 0.05) is 61.9 Å². The monoisotopic (exact) mass is 571 g/mol. The third kappa shape index (κ3) is 6.69. The Morgan fingerprint density at radius 1 is 0.767 bits per heavy atom. The number of rotatable bonds is 10. The highest BCUT2D eigenvalue weighted by Gasteiger charge is 2.35. The molecule has 1 aliphatic rings. The van der Waals surface area contributed by atoms with E-state index in [2.05, 4.69) is 105 Å². The topological polar surface area (TPSA) is 62.1 Å². The van der Waals surface area contributed by atoms with Crippen LogP contribution in [0.25, 0.3) is 10.9 Å². The largest absolute Gasteiger partial charge is 0.464 e. The first-order chi connectivity index (χ1) is 21.2. The molecule has 1 N–H and O–H groups in total. The smallest absolute Gasteiger partial charge is 0.356 e. The maximum absolute atomic E-state index is 13.5. The van der Waals surface area contributed by atoms with Crippen LogP contribution < -0.4 is 5.43 Å². The maximum Gasteiger partial charge on any atom is 0.356 e. The zero-order valence-electron chi connectivity index (χ0n) is 24.5. The molecule has 7 nitrogen and oxygen atoms in total. The van der Waals surface area contributed by atoms with Gasteiger partial charge in [-0.15, -0.1) is 0 Å². The number of methoxy groups -OCH3 is 1. The summed E-state index contributed by atoms with van der Waals surface area (Å²) in [5.41, 5.74) is 8.96. The SMILES string of the molecule is COC(=O)/C(=N\Nc1ccccc1)C(c1cn(Cc2ccccc2)c2ccccc12)N1CCN(Cc2ccccc2)CC1. The Balaban J connectivity index is 1.38. The number of hydrazone groups is 1. The fourth-order valence-electron chi connectivity index (χ4n) is 5.90. The summed E-state index contributed by atoms with van der Waals surface area (Å²) in [5, 5.41) is 5.83. The quantitative estimate of drug-likeness (QED) is 0.123. The van der Waals surface area contributed by atoms with Gasteiger partial charge in [-0.05, 0) is 29.3 Å². The number of para-hydroxylation sites is 2. The Morgan fingerprint density at radius 2 is 1.35 bits per heavy atom. The van der Waals surface area contributed by atoms with E-state index in [-0.39, 0.29) is 0 Å². The third-order valence-corrected chi connectivity index (χ3v) is 8.06. The van der Waals surface area contributed by atoms with Gasteiger partial charge < -0.3 is 9.30 Å². The van der Waals surface area contributed by atoms with Gasteiger partial charge in [-0.1, -0.05) is 97.1 Å². The highest BCUT2D eigenvalue weighted by atomic mass is 16.5. The van der Waals surface area contributed by atoms with Gasteiger partial charge in [0.25, 0.3) is 0 Å². The summed E-state index contributed by atoms with van der Waals surface area (Å²) in [5.74, 6) is -0.444. The van der Waals surface area contributed by atoms with E-state index in [1.807, 2.05) is 36.4 Å². The molecule has 1 atom stereocenters. The van der Waals surface area contributed by atoms with Crippen molar-refractivity contribution in [3.05, 3.63) is 138 Å². The summed E-state index contributed by atoms with van der Waals surface area (Å²) < 4.78 is 7.63. The van der Waals surface area contributed by atoms with Crippen LogP contribution in [0.3, 0.4) is 0 Å². The number of anilines is 1. The Kier molecular flexibility index (Phi) is 8.92. The number of ether oxygens (including phenoxy) is 1. The van der Waals surface area contributed by atoms with Crippen molar-refractivity contribution in [1.82, 2.24) is 14.4 Å². The van der Waals surface area contributed by atoms with E-state index >= 15 is 0 Å².